The van der Waals surface area contributed by atoms with Gasteiger partial charge in [-0.1, -0.05) is 27.2 Å². The van der Waals surface area contributed by atoms with E-state index in [0.29, 0.717) is 5.41 Å². The topological polar surface area (TPSA) is 26.0 Å². The molecule has 2 unspecified atom stereocenters. The van der Waals surface area contributed by atoms with Crippen molar-refractivity contribution in [3.8, 4) is 0 Å². The molecule has 13 heavy (non-hydrogen) atoms. The van der Waals surface area contributed by atoms with Crippen LogP contribution in [0.25, 0.3) is 0 Å². The Morgan fingerprint density at radius 2 is 1.77 bits per heavy atom. The molecule has 0 heterocycles. The fraction of sp³-hybridized carbons (Fsp3) is 1.00. The average Bonchev–Trinajstić information content (AvgIpc) is 2.60. The molecule has 0 aromatic rings. The highest BCUT2D eigenvalue weighted by molar-refractivity contribution is 5.08. The normalized spacial score (nSPS) is 37.8. The first-order valence-corrected chi connectivity index (χ1v) is 5.72. The zero-order valence-electron chi connectivity index (χ0n) is 9.27. The van der Waals surface area contributed by atoms with Gasteiger partial charge in [0, 0.05) is 5.54 Å². The lowest BCUT2D eigenvalue weighted by molar-refractivity contribution is 0.158. The van der Waals surface area contributed by atoms with Crippen molar-refractivity contribution in [2.24, 2.45) is 23.0 Å². The van der Waals surface area contributed by atoms with Crippen molar-refractivity contribution >= 4 is 0 Å². The first kappa shape index (κ1) is 9.51. The Morgan fingerprint density at radius 3 is 2.23 bits per heavy atom. The Bertz CT molecular complexity index is 186. The highest BCUT2D eigenvalue weighted by Gasteiger charge is 2.52. The van der Waals surface area contributed by atoms with Crippen LogP contribution in [-0.4, -0.2) is 5.54 Å². The number of hydrogen-bond donors (Lipinski definition) is 1. The van der Waals surface area contributed by atoms with E-state index in [9.17, 15) is 0 Å². The van der Waals surface area contributed by atoms with Crippen LogP contribution in [0.15, 0.2) is 0 Å². The molecule has 0 aliphatic heterocycles. The summed E-state index contributed by atoms with van der Waals surface area (Å²) in [4.78, 5) is 0. The fourth-order valence-electron chi connectivity index (χ4n) is 3.20. The highest BCUT2D eigenvalue weighted by atomic mass is 14.8. The van der Waals surface area contributed by atoms with E-state index in [1.807, 2.05) is 0 Å². The van der Waals surface area contributed by atoms with Gasteiger partial charge in [0.25, 0.3) is 0 Å². The van der Waals surface area contributed by atoms with E-state index in [1.165, 1.54) is 32.1 Å². The maximum absolute atomic E-state index is 6.34. The van der Waals surface area contributed by atoms with E-state index in [4.69, 9.17) is 5.73 Å². The van der Waals surface area contributed by atoms with E-state index in [2.05, 4.69) is 20.8 Å². The zero-order chi connectivity index (χ0) is 9.69. The number of nitrogens with two attached hydrogens (primary N) is 1. The summed E-state index contributed by atoms with van der Waals surface area (Å²) in [6.07, 6.45) is 6.77. The van der Waals surface area contributed by atoms with Crippen LogP contribution < -0.4 is 5.73 Å². The van der Waals surface area contributed by atoms with E-state index < -0.39 is 0 Å². The Balaban J connectivity index is 2.11. The third-order valence-corrected chi connectivity index (χ3v) is 4.19. The Hall–Kier alpha value is -0.0400. The molecular weight excluding hydrogens is 158 g/mol. The second kappa shape index (κ2) is 2.73. The molecule has 2 N–H and O–H groups in total. The molecule has 0 bridgehead atoms. The monoisotopic (exact) mass is 181 g/mol. The van der Waals surface area contributed by atoms with Gasteiger partial charge in [-0.15, -0.1) is 0 Å². The summed E-state index contributed by atoms with van der Waals surface area (Å²) in [6, 6.07) is 0. The maximum atomic E-state index is 6.34. The molecule has 2 saturated carbocycles. The van der Waals surface area contributed by atoms with Crippen LogP contribution in [-0.2, 0) is 0 Å². The predicted molar refractivity (Wildman–Crippen MR) is 56.4 cm³/mol. The van der Waals surface area contributed by atoms with Gasteiger partial charge in [0.2, 0.25) is 0 Å². The van der Waals surface area contributed by atoms with Crippen LogP contribution in [0.3, 0.4) is 0 Å². The molecule has 2 atom stereocenters. The molecule has 0 spiro atoms. The lowest BCUT2D eigenvalue weighted by atomic mass is 9.71. The first-order valence-electron chi connectivity index (χ1n) is 5.72. The average molecular weight is 181 g/mol. The smallest absolute Gasteiger partial charge is 0.0187 e. The van der Waals surface area contributed by atoms with Gasteiger partial charge in [0.1, 0.15) is 0 Å². The van der Waals surface area contributed by atoms with E-state index in [1.54, 1.807) is 0 Å². The van der Waals surface area contributed by atoms with Gasteiger partial charge in [0.05, 0.1) is 0 Å². The van der Waals surface area contributed by atoms with Crippen molar-refractivity contribution < 1.29 is 0 Å². The summed E-state index contributed by atoms with van der Waals surface area (Å²) in [5, 5.41) is 0. The quantitative estimate of drug-likeness (QED) is 0.661. The minimum atomic E-state index is 0.258. The molecule has 0 radical (unpaired) electrons. The van der Waals surface area contributed by atoms with Gasteiger partial charge >= 0.3 is 0 Å². The number of rotatable bonds is 1. The largest absolute Gasteiger partial charge is 0.325 e. The molecule has 2 aliphatic carbocycles. The lowest BCUT2D eigenvalue weighted by Crippen LogP contribution is -2.39. The first-order chi connectivity index (χ1) is 5.93. The molecule has 2 fully saturated rings. The van der Waals surface area contributed by atoms with Crippen molar-refractivity contribution in [3.05, 3.63) is 0 Å². The van der Waals surface area contributed by atoms with Crippen LogP contribution in [0.4, 0.5) is 0 Å². The summed E-state index contributed by atoms with van der Waals surface area (Å²) in [5.74, 6) is 1.70. The van der Waals surface area contributed by atoms with Crippen LogP contribution in [0.1, 0.15) is 52.9 Å². The molecule has 1 nitrogen and oxygen atoms in total. The maximum Gasteiger partial charge on any atom is 0.0187 e. The summed E-state index contributed by atoms with van der Waals surface area (Å²) in [6.45, 7) is 7.13. The van der Waals surface area contributed by atoms with E-state index in [0.717, 1.165) is 11.8 Å². The Morgan fingerprint density at radius 1 is 1.15 bits per heavy atom. The SMILES string of the molecule is CC(C)(C)C1CCCC1C1(N)CC1. The molecule has 0 aromatic carbocycles. The molecule has 0 amide bonds. The highest BCUT2D eigenvalue weighted by Crippen LogP contribution is 2.54. The molecule has 2 aliphatic rings. The van der Waals surface area contributed by atoms with Gasteiger partial charge in [-0.25, -0.2) is 0 Å². The molecule has 0 saturated heterocycles. The molecule has 1 heteroatoms. The molecular formula is C12H23N. The van der Waals surface area contributed by atoms with Gasteiger partial charge in [-0.2, -0.15) is 0 Å². The zero-order valence-corrected chi connectivity index (χ0v) is 9.27. The minimum absolute atomic E-state index is 0.258. The predicted octanol–water partition coefficient (Wildman–Crippen LogP) is 2.94. The van der Waals surface area contributed by atoms with Gasteiger partial charge in [-0.05, 0) is 42.9 Å². The second-order valence-corrected chi connectivity index (χ2v) is 6.24. The van der Waals surface area contributed by atoms with E-state index in [-0.39, 0.29) is 5.54 Å². The summed E-state index contributed by atoms with van der Waals surface area (Å²) >= 11 is 0. The van der Waals surface area contributed by atoms with E-state index >= 15 is 0 Å². The summed E-state index contributed by atoms with van der Waals surface area (Å²) < 4.78 is 0. The molecule has 76 valence electrons. The van der Waals surface area contributed by atoms with Crippen LogP contribution >= 0.6 is 0 Å². The standard InChI is InChI=1S/C12H23N/c1-11(2,3)9-5-4-6-10(9)12(13)7-8-12/h9-10H,4-8,13H2,1-3H3. The summed E-state index contributed by atoms with van der Waals surface area (Å²) in [5.41, 5.74) is 7.07. The van der Waals surface area contributed by atoms with Gasteiger partial charge in [-0.3, -0.25) is 0 Å². The van der Waals surface area contributed by atoms with Crippen LogP contribution in [0.5, 0.6) is 0 Å². The third-order valence-electron chi connectivity index (χ3n) is 4.19. The van der Waals surface area contributed by atoms with Crippen molar-refractivity contribution in [1.82, 2.24) is 0 Å². The van der Waals surface area contributed by atoms with Crippen molar-refractivity contribution in [2.75, 3.05) is 0 Å². The third kappa shape index (κ3) is 1.63. The molecule has 0 aromatic heterocycles. The van der Waals surface area contributed by atoms with Crippen LogP contribution in [0.2, 0.25) is 0 Å². The van der Waals surface area contributed by atoms with Gasteiger partial charge < -0.3 is 5.73 Å². The fourth-order valence-corrected chi connectivity index (χ4v) is 3.20. The van der Waals surface area contributed by atoms with Crippen molar-refractivity contribution in [3.63, 3.8) is 0 Å². The second-order valence-electron chi connectivity index (χ2n) is 6.24. The van der Waals surface area contributed by atoms with Crippen molar-refractivity contribution in [1.29, 1.82) is 0 Å². The summed E-state index contributed by atoms with van der Waals surface area (Å²) in [7, 11) is 0. The Labute approximate surface area is 82.1 Å². The van der Waals surface area contributed by atoms with Crippen LogP contribution in [0, 0.1) is 17.3 Å². The van der Waals surface area contributed by atoms with Gasteiger partial charge in [0.15, 0.2) is 0 Å². The minimum Gasteiger partial charge on any atom is -0.325 e. The van der Waals surface area contributed by atoms with Crippen molar-refractivity contribution in [2.45, 2.75) is 58.4 Å². The molecule has 2 rings (SSSR count). The number of hydrogen-bond acceptors (Lipinski definition) is 1. The lowest BCUT2D eigenvalue weighted by Gasteiger charge is -2.35. The Kier molecular flexibility index (Phi) is 1.99.